The summed E-state index contributed by atoms with van der Waals surface area (Å²) in [4.78, 5) is 16.1. The zero-order chi connectivity index (χ0) is 19.4. The van der Waals surface area contributed by atoms with Crippen molar-refractivity contribution in [2.24, 2.45) is 0 Å². The Labute approximate surface area is 163 Å². The molecule has 27 heavy (non-hydrogen) atoms. The summed E-state index contributed by atoms with van der Waals surface area (Å²) in [7, 11) is 1.39. The molecule has 2 aromatic heterocycles. The smallest absolute Gasteiger partial charge is 0.318 e. The highest BCUT2D eigenvalue weighted by molar-refractivity contribution is 8.00. The summed E-state index contributed by atoms with van der Waals surface area (Å²) in [6.45, 7) is 6.10. The van der Waals surface area contributed by atoms with E-state index in [9.17, 15) is 4.79 Å². The van der Waals surface area contributed by atoms with Crippen LogP contribution in [0, 0.1) is 0 Å². The van der Waals surface area contributed by atoms with Crippen molar-refractivity contribution < 1.29 is 9.53 Å². The predicted molar refractivity (Wildman–Crippen MR) is 106 cm³/mol. The first-order chi connectivity index (χ1) is 13.0. The second kappa shape index (κ2) is 8.35. The van der Waals surface area contributed by atoms with E-state index in [-0.39, 0.29) is 5.97 Å². The minimum Gasteiger partial charge on any atom is -0.468 e. The van der Waals surface area contributed by atoms with Crippen LogP contribution < -0.4 is 0 Å². The SMILES string of the molecule is COC(=O)C(C)Sc1nnc(-c2cccnc2)n1-c1ccccc1C(C)C. The Kier molecular flexibility index (Phi) is 5.91. The number of para-hydroxylation sites is 1. The number of rotatable bonds is 6. The van der Waals surface area contributed by atoms with E-state index in [4.69, 9.17) is 4.74 Å². The van der Waals surface area contributed by atoms with Crippen molar-refractivity contribution in [2.45, 2.75) is 37.1 Å². The van der Waals surface area contributed by atoms with Crippen LogP contribution in [0.2, 0.25) is 0 Å². The van der Waals surface area contributed by atoms with E-state index in [1.807, 2.05) is 34.9 Å². The standard InChI is InChI=1S/C20H22N4O2S/c1-13(2)16-9-5-6-10-17(16)24-18(15-8-7-11-21-12-15)22-23-20(24)27-14(3)19(25)26-4/h5-14H,1-4H3. The van der Waals surface area contributed by atoms with Crippen LogP contribution in [0.15, 0.2) is 53.9 Å². The van der Waals surface area contributed by atoms with Gasteiger partial charge in [0.05, 0.1) is 12.8 Å². The molecule has 140 valence electrons. The van der Waals surface area contributed by atoms with Gasteiger partial charge in [-0.3, -0.25) is 14.3 Å². The van der Waals surface area contributed by atoms with Crippen LogP contribution in [0.4, 0.5) is 0 Å². The third-order valence-corrected chi connectivity index (χ3v) is 5.19. The van der Waals surface area contributed by atoms with E-state index in [0.717, 1.165) is 11.3 Å². The lowest BCUT2D eigenvalue weighted by molar-refractivity contribution is -0.139. The van der Waals surface area contributed by atoms with Gasteiger partial charge in [-0.05, 0) is 36.6 Å². The summed E-state index contributed by atoms with van der Waals surface area (Å²) in [5.41, 5.74) is 3.03. The molecule has 0 radical (unpaired) electrons. The molecule has 7 heteroatoms. The second-order valence-corrected chi connectivity index (χ2v) is 7.69. The molecule has 3 aromatic rings. The topological polar surface area (TPSA) is 69.9 Å². The molecule has 0 N–H and O–H groups in total. The minimum absolute atomic E-state index is 0.297. The first-order valence-corrected chi connectivity index (χ1v) is 9.60. The van der Waals surface area contributed by atoms with Crippen molar-refractivity contribution in [3.05, 3.63) is 54.4 Å². The third kappa shape index (κ3) is 4.03. The zero-order valence-corrected chi connectivity index (χ0v) is 16.6. The van der Waals surface area contributed by atoms with Crippen molar-refractivity contribution in [3.63, 3.8) is 0 Å². The fourth-order valence-corrected chi connectivity index (χ4v) is 3.68. The van der Waals surface area contributed by atoms with Gasteiger partial charge in [-0.15, -0.1) is 10.2 Å². The van der Waals surface area contributed by atoms with Crippen LogP contribution in [0.3, 0.4) is 0 Å². The number of hydrogen-bond donors (Lipinski definition) is 0. The summed E-state index contributed by atoms with van der Waals surface area (Å²) < 4.78 is 6.85. The quantitative estimate of drug-likeness (QED) is 0.472. The number of hydrogen-bond acceptors (Lipinski definition) is 6. The third-order valence-electron chi connectivity index (χ3n) is 4.17. The lowest BCUT2D eigenvalue weighted by atomic mass is 10.0. The van der Waals surface area contributed by atoms with E-state index in [1.165, 1.54) is 24.4 Å². The zero-order valence-electron chi connectivity index (χ0n) is 15.8. The number of methoxy groups -OCH3 is 1. The molecular formula is C20H22N4O2S. The van der Waals surface area contributed by atoms with Crippen molar-refractivity contribution in [1.82, 2.24) is 19.7 Å². The van der Waals surface area contributed by atoms with Gasteiger partial charge in [0.2, 0.25) is 0 Å². The number of ether oxygens (including phenoxy) is 1. The molecule has 1 aromatic carbocycles. The first-order valence-electron chi connectivity index (χ1n) is 8.72. The van der Waals surface area contributed by atoms with E-state index in [0.29, 0.717) is 16.9 Å². The van der Waals surface area contributed by atoms with Crippen LogP contribution in [0.25, 0.3) is 17.1 Å². The van der Waals surface area contributed by atoms with Gasteiger partial charge in [-0.2, -0.15) is 0 Å². The largest absolute Gasteiger partial charge is 0.468 e. The Morgan fingerprint density at radius 1 is 1.11 bits per heavy atom. The molecule has 0 aliphatic rings. The van der Waals surface area contributed by atoms with Gasteiger partial charge in [-0.25, -0.2) is 0 Å². The first kappa shape index (κ1) is 19.1. The fraction of sp³-hybridized carbons (Fsp3) is 0.300. The Bertz CT molecular complexity index is 925. The average molecular weight is 382 g/mol. The fourth-order valence-electron chi connectivity index (χ4n) is 2.80. The maximum absolute atomic E-state index is 11.9. The molecule has 0 amide bonds. The van der Waals surface area contributed by atoms with Gasteiger partial charge in [0.15, 0.2) is 11.0 Å². The van der Waals surface area contributed by atoms with Crippen molar-refractivity contribution >= 4 is 17.7 Å². The molecule has 0 bridgehead atoms. The number of aromatic nitrogens is 4. The Balaban J connectivity index is 2.17. The van der Waals surface area contributed by atoms with Crippen molar-refractivity contribution in [2.75, 3.05) is 7.11 Å². The molecule has 1 atom stereocenters. The summed E-state index contributed by atoms with van der Waals surface area (Å²) in [6.07, 6.45) is 3.48. The number of benzene rings is 1. The molecule has 0 spiro atoms. The van der Waals surface area contributed by atoms with Crippen LogP contribution in [0.5, 0.6) is 0 Å². The van der Waals surface area contributed by atoms with Crippen LogP contribution in [-0.4, -0.2) is 38.1 Å². The molecule has 1 unspecified atom stereocenters. The van der Waals surface area contributed by atoms with E-state index in [2.05, 4.69) is 35.1 Å². The monoisotopic (exact) mass is 382 g/mol. The molecular weight excluding hydrogens is 360 g/mol. The van der Waals surface area contributed by atoms with Crippen molar-refractivity contribution in [1.29, 1.82) is 0 Å². The predicted octanol–water partition coefficient (Wildman–Crippen LogP) is 4.11. The summed E-state index contributed by atoms with van der Waals surface area (Å²) in [5.74, 6) is 0.714. The molecule has 0 aliphatic carbocycles. The van der Waals surface area contributed by atoms with Crippen molar-refractivity contribution in [3.8, 4) is 17.1 Å². The number of carbonyl (C=O) groups is 1. The molecule has 0 saturated heterocycles. The number of pyridine rings is 1. The molecule has 3 rings (SSSR count). The summed E-state index contributed by atoms with van der Waals surface area (Å²) >= 11 is 1.33. The minimum atomic E-state index is -0.397. The van der Waals surface area contributed by atoms with Gasteiger partial charge < -0.3 is 4.74 Å². The number of nitrogens with zero attached hydrogens (tertiary/aromatic N) is 4. The maximum Gasteiger partial charge on any atom is 0.318 e. The maximum atomic E-state index is 11.9. The highest BCUT2D eigenvalue weighted by atomic mass is 32.2. The average Bonchev–Trinajstić information content (AvgIpc) is 3.11. The van der Waals surface area contributed by atoms with Crippen LogP contribution in [-0.2, 0) is 9.53 Å². The summed E-state index contributed by atoms with van der Waals surface area (Å²) in [6, 6.07) is 12.0. The molecule has 6 nitrogen and oxygen atoms in total. The number of esters is 1. The van der Waals surface area contributed by atoms with Gasteiger partial charge in [0, 0.05) is 18.0 Å². The van der Waals surface area contributed by atoms with E-state index < -0.39 is 5.25 Å². The molecule has 2 heterocycles. The Morgan fingerprint density at radius 3 is 2.56 bits per heavy atom. The molecule has 0 fully saturated rings. The lowest BCUT2D eigenvalue weighted by Gasteiger charge is -2.17. The van der Waals surface area contributed by atoms with Crippen LogP contribution in [0.1, 0.15) is 32.3 Å². The molecule has 0 aliphatic heterocycles. The van der Waals surface area contributed by atoms with E-state index >= 15 is 0 Å². The highest BCUT2D eigenvalue weighted by Gasteiger charge is 2.23. The lowest BCUT2D eigenvalue weighted by Crippen LogP contribution is -2.16. The molecule has 0 saturated carbocycles. The highest BCUT2D eigenvalue weighted by Crippen LogP contribution is 2.33. The van der Waals surface area contributed by atoms with Gasteiger partial charge in [-0.1, -0.05) is 43.8 Å². The van der Waals surface area contributed by atoms with E-state index in [1.54, 1.807) is 19.3 Å². The van der Waals surface area contributed by atoms with Gasteiger partial charge in [0.1, 0.15) is 5.25 Å². The second-order valence-electron chi connectivity index (χ2n) is 6.38. The Hall–Kier alpha value is -2.67. The van der Waals surface area contributed by atoms with Gasteiger partial charge >= 0.3 is 5.97 Å². The number of thioether (sulfide) groups is 1. The van der Waals surface area contributed by atoms with Crippen LogP contribution >= 0.6 is 11.8 Å². The van der Waals surface area contributed by atoms with Gasteiger partial charge in [0.25, 0.3) is 0 Å². The Morgan fingerprint density at radius 2 is 1.89 bits per heavy atom. The normalized spacial score (nSPS) is 12.2. The summed E-state index contributed by atoms with van der Waals surface area (Å²) in [5, 5.41) is 9.01. The number of carbonyl (C=O) groups excluding carboxylic acids is 1.